The second-order valence-electron chi connectivity index (χ2n) is 6.97. The minimum absolute atomic E-state index is 0.245. The predicted octanol–water partition coefficient (Wildman–Crippen LogP) is 6.46. The normalized spacial score (nSPS) is 11.6. The van der Waals surface area contributed by atoms with E-state index in [2.05, 4.69) is 13.8 Å². The van der Waals surface area contributed by atoms with Gasteiger partial charge in [-0.1, -0.05) is 39.5 Å². The Morgan fingerprint density at radius 3 is 1.52 bits per heavy atom. The summed E-state index contributed by atoms with van der Waals surface area (Å²) in [7, 11) is 0. The number of aromatic hydroxyl groups is 2. The van der Waals surface area contributed by atoms with Crippen molar-refractivity contribution in [3.63, 3.8) is 0 Å². The molecule has 0 unspecified atom stereocenters. The highest BCUT2D eigenvalue weighted by atomic mass is 16.3. The van der Waals surface area contributed by atoms with Crippen LogP contribution in [0, 0.1) is 0 Å². The van der Waals surface area contributed by atoms with E-state index in [1.54, 1.807) is 12.1 Å². The molecule has 3 rings (SSSR count). The number of hydrogen-bond acceptors (Lipinski definition) is 3. The molecule has 0 saturated carbocycles. The molecule has 0 aliphatic rings. The van der Waals surface area contributed by atoms with Crippen LogP contribution in [-0.4, -0.2) is 10.2 Å². The van der Waals surface area contributed by atoms with Gasteiger partial charge in [-0.15, -0.1) is 0 Å². The van der Waals surface area contributed by atoms with Crippen LogP contribution in [0.5, 0.6) is 11.5 Å². The number of benzene rings is 2. The van der Waals surface area contributed by atoms with E-state index in [9.17, 15) is 10.2 Å². The van der Waals surface area contributed by atoms with Crippen LogP contribution < -0.4 is 0 Å². The summed E-state index contributed by atoms with van der Waals surface area (Å²) in [4.78, 5) is 0. The van der Waals surface area contributed by atoms with Crippen LogP contribution in [0.3, 0.4) is 0 Å². The zero-order valence-corrected chi connectivity index (χ0v) is 15.3. The van der Waals surface area contributed by atoms with E-state index in [1.165, 1.54) is 25.7 Å². The quantitative estimate of drug-likeness (QED) is 0.462. The van der Waals surface area contributed by atoms with E-state index in [0.717, 1.165) is 47.6 Å². The summed E-state index contributed by atoms with van der Waals surface area (Å²) in [5.74, 6) is 0.490. The van der Waals surface area contributed by atoms with Crippen molar-refractivity contribution >= 4 is 21.9 Å². The Morgan fingerprint density at radius 2 is 1.12 bits per heavy atom. The molecule has 134 valence electrons. The first kappa shape index (κ1) is 17.7. The first-order valence-electron chi connectivity index (χ1n) is 9.54. The number of aryl methyl sites for hydroxylation is 2. The summed E-state index contributed by atoms with van der Waals surface area (Å²) in [6, 6.07) is 7.11. The summed E-state index contributed by atoms with van der Waals surface area (Å²) in [6.45, 7) is 4.39. The molecular formula is C22H28O3. The van der Waals surface area contributed by atoms with Crippen molar-refractivity contribution in [2.75, 3.05) is 0 Å². The molecule has 0 radical (unpaired) electrons. The van der Waals surface area contributed by atoms with Gasteiger partial charge in [0.2, 0.25) is 0 Å². The fourth-order valence-corrected chi connectivity index (χ4v) is 3.69. The number of phenols is 2. The van der Waals surface area contributed by atoms with Crippen molar-refractivity contribution in [1.82, 2.24) is 0 Å². The number of furan rings is 1. The molecule has 25 heavy (non-hydrogen) atoms. The Morgan fingerprint density at radius 1 is 0.680 bits per heavy atom. The number of fused-ring (bicyclic) bond motifs is 3. The molecule has 3 aromatic rings. The fraction of sp³-hybridized carbons (Fsp3) is 0.455. The Balaban J connectivity index is 2.15. The minimum atomic E-state index is 0.245. The predicted molar refractivity (Wildman–Crippen MR) is 104 cm³/mol. The lowest BCUT2D eigenvalue weighted by Gasteiger charge is -2.08. The monoisotopic (exact) mass is 340 g/mol. The van der Waals surface area contributed by atoms with Gasteiger partial charge in [0, 0.05) is 22.9 Å². The molecule has 0 spiro atoms. The third-order valence-corrected chi connectivity index (χ3v) is 4.91. The lowest BCUT2D eigenvalue weighted by molar-refractivity contribution is 0.473. The van der Waals surface area contributed by atoms with Gasteiger partial charge in [-0.2, -0.15) is 0 Å². The standard InChI is InChI=1S/C22H28O3/c1-3-5-7-9-15-11-17(23)13-19-21(15)22-16(10-8-6-4-2)12-18(24)14-20(22)25-19/h11-14,23-24H,3-10H2,1-2H3. The van der Waals surface area contributed by atoms with Crippen LogP contribution in [0.4, 0.5) is 0 Å². The van der Waals surface area contributed by atoms with Crippen molar-refractivity contribution in [2.45, 2.75) is 65.2 Å². The SMILES string of the molecule is CCCCCc1cc(O)cc2oc3cc(O)cc(CCCCC)c3c12. The lowest BCUT2D eigenvalue weighted by Crippen LogP contribution is -1.90. The van der Waals surface area contributed by atoms with Crippen LogP contribution in [0.1, 0.15) is 63.5 Å². The van der Waals surface area contributed by atoms with E-state index in [4.69, 9.17) is 4.42 Å². The molecule has 1 heterocycles. The minimum Gasteiger partial charge on any atom is -0.508 e. The molecule has 0 fully saturated rings. The lowest BCUT2D eigenvalue weighted by atomic mass is 9.96. The summed E-state index contributed by atoms with van der Waals surface area (Å²) < 4.78 is 5.99. The zero-order valence-electron chi connectivity index (χ0n) is 15.3. The molecule has 0 atom stereocenters. The van der Waals surface area contributed by atoms with Crippen LogP contribution in [0.15, 0.2) is 28.7 Å². The van der Waals surface area contributed by atoms with E-state index < -0.39 is 0 Å². The molecular weight excluding hydrogens is 312 g/mol. The van der Waals surface area contributed by atoms with Gasteiger partial charge in [0.15, 0.2) is 0 Å². The maximum absolute atomic E-state index is 10.1. The van der Waals surface area contributed by atoms with Gasteiger partial charge >= 0.3 is 0 Å². The maximum Gasteiger partial charge on any atom is 0.139 e. The average molecular weight is 340 g/mol. The molecule has 0 amide bonds. The van der Waals surface area contributed by atoms with Crippen molar-refractivity contribution in [3.8, 4) is 11.5 Å². The molecule has 2 N–H and O–H groups in total. The number of rotatable bonds is 8. The molecule has 0 aliphatic carbocycles. The van der Waals surface area contributed by atoms with Gasteiger partial charge in [-0.3, -0.25) is 0 Å². The Bertz CT molecular complexity index is 790. The topological polar surface area (TPSA) is 53.6 Å². The van der Waals surface area contributed by atoms with Crippen LogP contribution in [0.2, 0.25) is 0 Å². The molecule has 2 aromatic carbocycles. The Kier molecular flexibility index (Phi) is 5.52. The van der Waals surface area contributed by atoms with E-state index in [0.29, 0.717) is 11.2 Å². The average Bonchev–Trinajstić information content (AvgIpc) is 2.92. The highest BCUT2D eigenvalue weighted by molar-refractivity contribution is 6.09. The third kappa shape index (κ3) is 3.76. The maximum atomic E-state index is 10.1. The fourth-order valence-electron chi connectivity index (χ4n) is 3.69. The van der Waals surface area contributed by atoms with Crippen molar-refractivity contribution in [2.24, 2.45) is 0 Å². The molecule has 1 aromatic heterocycles. The molecule has 0 bridgehead atoms. The van der Waals surface area contributed by atoms with Gasteiger partial charge in [-0.25, -0.2) is 0 Å². The smallest absolute Gasteiger partial charge is 0.139 e. The molecule has 0 saturated heterocycles. The van der Waals surface area contributed by atoms with Crippen molar-refractivity contribution < 1.29 is 14.6 Å². The number of unbranched alkanes of at least 4 members (excludes halogenated alkanes) is 4. The van der Waals surface area contributed by atoms with Crippen LogP contribution in [-0.2, 0) is 12.8 Å². The first-order valence-corrected chi connectivity index (χ1v) is 9.54. The van der Waals surface area contributed by atoms with Crippen molar-refractivity contribution in [3.05, 3.63) is 35.4 Å². The van der Waals surface area contributed by atoms with Crippen LogP contribution >= 0.6 is 0 Å². The Hall–Kier alpha value is -2.16. The summed E-state index contributed by atoms with van der Waals surface area (Å²) >= 11 is 0. The molecule has 3 heteroatoms. The molecule has 3 nitrogen and oxygen atoms in total. The van der Waals surface area contributed by atoms with E-state index >= 15 is 0 Å². The molecule has 0 aliphatic heterocycles. The highest BCUT2D eigenvalue weighted by Crippen LogP contribution is 2.39. The van der Waals surface area contributed by atoms with Gasteiger partial charge in [0.1, 0.15) is 22.7 Å². The van der Waals surface area contributed by atoms with E-state index in [1.807, 2.05) is 12.1 Å². The second kappa shape index (κ2) is 7.81. The van der Waals surface area contributed by atoms with E-state index in [-0.39, 0.29) is 11.5 Å². The van der Waals surface area contributed by atoms with Gasteiger partial charge in [0.25, 0.3) is 0 Å². The largest absolute Gasteiger partial charge is 0.508 e. The number of hydrogen-bond donors (Lipinski definition) is 2. The summed E-state index contributed by atoms with van der Waals surface area (Å²) in [5.41, 5.74) is 3.71. The van der Waals surface area contributed by atoms with Gasteiger partial charge in [0.05, 0.1) is 0 Å². The third-order valence-electron chi connectivity index (χ3n) is 4.91. The summed E-state index contributed by atoms with van der Waals surface area (Å²) in [6.07, 6.45) is 8.77. The Labute approximate surface area is 149 Å². The summed E-state index contributed by atoms with van der Waals surface area (Å²) in [5, 5.41) is 22.4. The van der Waals surface area contributed by atoms with Crippen LogP contribution in [0.25, 0.3) is 21.9 Å². The highest BCUT2D eigenvalue weighted by Gasteiger charge is 2.17. The number of phenolic OH excluding ortho intramolecular Hbond substituents is 2. The van der Waals surface area contributed by atoms with Crippen molar-refractivity contribution in [1.29, 1.82) is 0 Å². The first-order chi connectivity index (χ1) is 12.1. The van der Waals surface area contributed by atoms with Gasteiger partial charge in [-0.05, 0) is 48.9 Å². The zero-order chi connectivity index (χ0) is 17.8. The second-order valence-corrected chi connectivity index (χ2v) is 6.97. The van der Waals surface area contributed by atoms with Gasteiger partial charge < -0.3 is 14.6 Å².